The van der Waals surface area contributed by atoms with E-state index in [9.17, 15) is 14.0 Å². The number of carbonyl (C=O) groups is 2. The quantitative estimate of drug-likeness (QED) is 0.610. The number of carbonyl (C=O) groups excluding carboxylic acids is 2. The fourth-order valence-corrected chi connectivity index (χ4v) is 3.83. The largest absolute Gasteiger partial charge is 0.451 e. The van der Waals surface area contributed by atoms with E-state index < -0.39 is 5.97 Å². The Bertz CT molecular complexity index is 974. The number of fused-ring (bicyclic) bond motifs is 1. The Morgan fingerprint density at radius 2 is 1.78 bits per heavy atom. The zero-order valence-corrected chi connectivity index (χ0v) is 16.0. The highest BCUT2D eigenvalue weighted by Crippen LogP contribution is 2.27. The van der Waals surface area contributed by atoms with Crippen LogP contribution in [0.15, 0.2) is 42.5 Å². The van der Waals surface area contributed by atoms with Crippen molar-refractivity contribution in [1.29, 1.82) is 0 Å². The number of thiophene rings is 1. The number of nitrogens with one attached hydrogen (secondary N) is 1. The first kappa shape index (κ1) is 19.0. The third-order valence-corrected chi connectivity index (χ3v) is 5.37. The lowest BCUT2D eigenvalue weighted by Gasteiger charge is -2.14. The van der Waals surface area contributed by atoms with Crippen molar-refractivity contribution in [1.82, 2.24) is 0 Å². The number of anilines is 1. The van der Waals surface area contributed by atoms with Gasteiger partial charge in [-0.05, 0) is 53.6 Å². The molecule has 0 aliphatic rings. The summed E-state index contributed by atoms with van der Waals surface area (Å²) in [6, 6.07) is 11.8. The molecule has 1 N–H and O–H groups in total. The monoisotopic (exact) mass is 385 g/mol. The average molecular weight is 385 g/mol. The van der Waals surface area contributed by atoms with E-state index in [0.29, 0.717) is 10.3 Å². The second-order valence-electron chi connectivity index (χ2n) is 6.08. The third kappa shape index (κ3) is 4.34. The maximum atomic E-state index is 13.3. The summed E-state index contributed by atoms with van der Waals surface area (Å²) in [5.74, 6) is -1.33. The normalized spacial score (nSPS) is 10.8. The van der Waals surface area contributed by atoms with Crippen LogP contribution in [0.3, 0.4) is 0 Å². The zero-order valence-electron chi connectivity index (χ0n) is 15.2. The number of esters is 1. The van der Waals surface area contributed by atoms with Gasteiger partial charge in [-0.15, -0.1) is 11.3 Å². The number of hydrogen-bond acceptors (Lipinski definition) is 4. The molecule has 0 unspecified atom stereocenters. The van der Waals surface area contributed by atoms with Crippen LogP contribution in [0.2, 0.25) is 0 Å². The van der Waals surface area contributed by atoms with Gasteiger partial charge in [0.15, 0.2) is 6.61 Å². The number of benzene rings is 2. The van der Waals surface area contributed by atoms with Crippen LogP contribution in [0.25, 0.3) is 10.1 Å². The molecule has 0 spiro atoms. The fraction of sp³-hybridized carbons (Fsp3) is 0.238. The molecule has 0 aliphatic heterocycles. The number of ether oxygens (including phenoxy) is 1. The summed E-state index contributed by atoms with van der Waals surface area (Å²) >= 11 is 1.21. The fourth-order valence-electron chi connectivity index (χ4n) is 2.90. The first-order valence-corrected chi connectivity index (χ1v) is 9.60. The summed E-state index contributed by atoms with van der Waals surface area (Å²) in [7, 11) is 0. The van der Waals surface area contributed by atoms with Gasteiger partial charge in [-0.1, -0.05) is 32.0 Å². The van der Waals surface area contributed by atoms with Crippen LogP contribution in [-0.2, 0) is 22.4 Å². The van der Waals surface area contributed by atoms with Crippen molar-refractivity contribution in [2.45, 2.75) is 26.7 Å². The number of rotatable bonds is 6. The van der Waals surface area contributed by atoms with Crippen LogP contribution in [0.1, 0.15) is 34.6 Å². The molecule has 4 nitrogen and oxygen atoms in total. The molecule has 1 aromatic heterocycles. The number of para-hydroxylation sites is 1. The standard InChI is InChI=1S/C21H20FNO3S/c1-3-13-6-5-7-14(4-2)20(13)23-19(24)12-26-21(25)18-11-15-10-16(22)8-9-17(15)27-18/h5-11H,3-4,12H2,1-2H3,(H,23,24). The van der Waals surface area contributed by atoms with Crippen molar-refractivity contribution in [2.75, 3.05) is 11.9 Å². The van der Waals surface area contributed by atoms with E-state index in [4.69, 9.17) is 4.74 Å². The lowest BCUT2D eigenvalue weighted by Crippen LogP contribution is -2.22. The summed E-state index contributed by atoms with van der Waals surface area (Å²) in [6.45, 7) is 3.67. The summed E-state index contributed by atoms with van der Waals surface area (Å²) in [4.78, 5) is 24.8. The molecular weight excluding hydrogens is 365 g/mol. The minimum atomic E-state index is -0.591. The van der Waals surface area contributed by atoms with Crippen molar-refractivity contribution in [3.8, 4) is 0 Å². The Morgan fingerprint density at radius 3 is 2.44 bits per heavy atom. The van der Waals surface area contributed by atoms with E-state index >= 15 is 0 Å². The van der Waals surface area contributed by atoms with E-state index in [2.05, 4.69) is 5.32 Å². The number of amides is 1. The highest BCUT2D eigenvalue weighted by molar-refractivity contribution is 7.20. The van der Waals surface area contributed by atoms with Crippen molar-refractivity contribution in [2.24, 2.45) is 0 Å². The van der Waals surface area contributed by atoms with Crippen LogP contribution in [0.5, 0.6) is 0 Å². The molecular formula is C21H20FNO3S. The molecule has 0 atom stereocenters. The molecule has 2 aromatic carbocycles. The van der Waals surface area contributed by atoms with Gasteiger partial charge in [-0.2, -0.15) is 0 Å². The predicted octanol–water partition coefficient (Wildman–Crippen LogP) is 4.96. The molecule has 1 heterocycles. The molecule has 140 valence electrons. The highest BCUT2D eigenvalue weighted by Gasteiger charge is 2.15. The lowest BCUT2D eigenvalue weighted by molar-refractivity contribution is -0.119. The summed E-state index contributed by atoms with van der Waals surface area (Å²) in [5, 5.41) is 3.50. The minimum Gasteiger partial charge on any atom is -0.451 e. The number of aryl methyl sites for hydroxylation is 2. The first-order chi connectivity index (χ1) is 13.0. The molecule has 6 heteroatoms. The van der Waals surface area contributed by atoms with Gasteiger partial charge in [0.05, 0.1) is 0 Å². The Hall–Kier alpha value is -2.73. The maximum Gasteiger partial charge on any atom is 0.348 e. The summed E-state index contributed by atoms with van der Waals surface area (Å²) in [5.41, 5.74) is 2.88. The summed E-state index contributed by atoms with van der Waals surface area (Å²) in [6.07, 6.45) is 1.59. The molecule has 0 saturated heterocycles. The second kappa shape index (κ2) is 8.31. The van der Waals surface area contributed by atoms with Gasteiger partial charge in [0.25, 0.3) is 5.91 Å². The maximum absolute atomic E-state index is 13.3. The van der Waals surface area contributed by atoms with Gasteiger partial charge in [0.2, 0.25) is 0 Å². The Morgan fingerprint density at radius 1 is 1.07 bits per heavy atom. The average Bonchev–Trinajstić information content (AvgIpc) is 3.09. The van der Waals surface area contributed by atoms with Gasteiger partial charge >= 0.3 is 5.97 Å². The van der Waals surface area contributed by atoms with Crippen molar-refractivity contribution >= 4 is 39.0 Å². The molecule has 0 bridgehead atoms. The van der Waals surface area contributed by atoms with E-state index in [1.165, 1.54) is 23.5 Å². The van der Waals surface area contributed by atoms with E-state index in [1.807, 2.05) is 32.0 Å². The molecule has 0 fully saturated rings. The van der Waals surface area contributed by atoms with Crippen LogP contribution in [-0.4, -0.2) is 18.5 Å². The molecule has 3 aromatic rings. The van der Waals surface area contributed by atoms with E-state index in [-0.39, 0.29) is 18.3 Å². The van der Waals surface area contributed by atoms with Crippen LogP contribution >= 0.6 is 11.3 Å². The Labute approximate surface area is 161 Å². The van der Waals surface area contributed by atoms with Crippen LogP contribution < -0.4 is 5.32 Å². The molecule has 0 radical (unpaired) electrons. The second-order valence-corrected chi connectivity index (χ2v) is 7.16. The number of halogens is 1. The highest BCUT2D eigenvalue weighted by atomic mass is 32.1. The first-order valence-electron chi connectivity index (χ1n) is 8.78. The summed E-state index contributed by atoms with van der Waals surface area (Å²) < 4.78 is 19.2. The van der Waals surface area contributed by atoms with E-state index in [1.54, 1.807) is 12.1 Å². The molecule has 27 heavy (non-hydrogen) atoms. The lowest BCUT2D eigenvalue weighted by atomic mass is 10.0. The topological polar surface area (TPSA) is 55.4 Å². The minimum absolute atomic E-state index is 0.339. The Balaban J connectivity index is 1.66. The van der Waals surface area contributed by atoms with Gasteiger partial charge in [0, 0.05) is 10.4 Å². The van der Waals surface area contributed by atoms with Gasteiger partial charge in [0.1, 0.15) is 10.7 Å². The molecule has 1 amide bonds. The molecule has 0 aliphatic carbocycles. The van der Waals surface area contributed by atoms with Crippen molar-refractivity contribution < 1.29 is 18.7 Å². The van der Waals surface area contributed by atoms with Gasteiger partial charge < -0.3 is 10.1 Å². The number of hydrogen-bond donors (Lipinski definition) is 1. The smallest absolute Gasteiger partial charge is 0.348 e. The molecule has 0 saturated carbocycles. The zero-order chi connectivity index (χ0) is 19.4. The van der Waals surface area contributed by atoms with Gasteiger partial charge in [-0.25, -0.2) is 9.18 Å². The van der Waals surface area contributed by atoms with Gasteiger partial charge in [-0.3, -0.25) is 4.79 Å². The third-order valence-electron chi connectivity index (χ3n) is 4.28. The van der Waals surface area contributed by atoms with Crippen molar-refractivity contribution in [3.63, 3.8) is 0 Å². The predicted molar refractivity (Wildman–Crippen MR) is 106 cm³/mol. The SMILES string of the molecule is CCc1cccc(CC)c1NC(=O)COC(=O)c1cc2cc(F)ccc2s1. The van der Waals surface area contributed by atoms with Crippen molar-refractivity contribution in [3.05, 3.63) is 64.3 Å². The van der Waals surface area contributed by atoms with Crippen LogP contribution in [0, 0.1) is 5.82 Å². The molecule has 3 rings (SSSR count). The Kier molecular flexibility index (Phi) is 5.86. The van der Waals surface area contributed by atoms with E-state index in [0.717, 1.165) is 34.4 Å². The van der Waals surface area contributed by atoms with Crippen LogP contribution in [0.4, 0.5) is 10.1 Å².